The minimum absolute atomic E-state index is 0.518. The second kappa shape index (κ2) is 6.32. The largest absolute Gasteiger partial charge is 0.259 e. The molecule has 0 fully saturated rings. The predicted molar refractivity (Wildman–Crippen MR) is 86.0 cm³/mol. The van der Waals surface area contributed by atoms with Crippen molar-refractivity contribution in [2.75, 3.05) is 0 Å². The van der Waals surface area contributed by atoms with Crippen LogP contribution in [0, 0.1) is 6.92 Å². The van der Waals surface area contributed by atoms with Crippen molar-refractivity contribution < 1.29 is 4.21 Å². The van der Waals surface area contributed by atoms with Crippen LogP contribution in [0.4, 0.5) is 0 Å². The van der Waals surface area contributed by atoms with Crippen LogP contribution in [0.5, 0.6) is 0 Å². The highest BCUT2D eigenvalue weighted by atomic mass is 32.2. The van der Waals surface area contributed by atoms with Gasteiger partial charge in [-0.3, -0.25) is 4.21 Å². The molecule has 21 heavy (non-hydrogen) atoms. The molecule has 0 aliphatic rings. The molecule has 0 aliphatic carbocycles. The van der Waals surface area contributed by atoms with Gasteiger partial charge in [-0.25, -0.2) is 9.67 Å². The summed E-state index contributed by atoms with van der Waals surface area (Å²) >= 11 is 1.60. The number of hydrogen-bond donors (Lipinski definition) is 0. The number of aromatic nitrogens is 3. The molecule has 0 unspecified atom stereocenters. The molecule has 3 aromatic rings. The molecular formula is C15H15N3OS2. The van der Waals surface area contributed by atoms with Gasteiger partial charge in [0, 0.05) is 33.6 Å². The van der Waals surface area contributed by atoms with Gasteiger partial charge in [-0.15, -0.1) is 11.3 Å². The SMILES string of the molecule is Cc1ncc(C[S@@](=O)Cc2cnn(-c3ccccc3)c2)s1. The fourth-order valence-electron chi connectivity index (χ4n) is 2.02. The van der Waals surface area contributed by atoms with Gasteiger partial charge in [0.15, 0.2) is 0 Å². The molecule has 0 radical (unpaired) electrons. The molecule has 0 saturated carbocycles. The second-order valence-electron chi connectivity index (χ2n) is 4.70. The molecular weight excluding hydrogens is 302 g/mol. The molecule has 0 aliphatic heterocycles. The minimum Gasteiger partial charge on any atom is -0.259 e. The van der Waals surface area contributed by atoms with Crippen LogP contribution in [0.15, 0.2) is 48.9 Å². The van der Waals surface area contributed by atoms with E-state index >= 15 is 0 Å². The van der Waals surface area contributed by atoms with E-state index in [1.165, 1.54) is 0 Å². The van der Waals surface area contributed by atoms with E-state index in [1.807, 2.05) is 54.3 Å². The van der Waals surface area contributed by atoms with Gasteiger partial charge < -0.3 is 0 Å². The summed E-state index contributed by atoms with van der Waals surface area (Å²) in [5.74, 6) is 1.08. The van der Waals surface area contributed by atoms with E-state index in [4.69, 9.17) is 0 Å². The highest BCUT2D eigenvalue weighted by Gasteiger charge is 2.08. The summed E-state index contributed by atoms with van der Waals surface area (Å²) in [4.78, 5) is 5.26. The van der Waals surface area contributed by atoms with E-state index in [9.17, 15) is 4.21 Å². The van der Waals surface area contributed by atoms with Gasteiger partial charge in [0.05, 0.1) is 28.4 Å². The lowest BCUT2D eigenvalue weighted by Crippen LogP contribution is -1.97. The third-order valence-electron chi connectivity index (χ3n) is 2.96. The highest BCUT2D eigenvalue weighted by molar-refractivity contribution is 7.83. The van der Waals surface area contributed by atoms with Gasteiger partial charge in [-0.1, -0.05) is 18.2 Å². The second-order valence-corrected chi connectivity index (χ2v) is 7.48. The molecule has 0 N–H and O–H groups in total. The van der Waals surface area contributed by atoms with E-state index in [2.05, 4.69) is 10.1 Å². The van der Waals surface area contributed by atoms with E-state index in [0.29, 0.717) is 11.5 Å². The predicted octanol–water partition coefficient (Wildman–Crippen LogP) is 3.09. The molecule has 2 aromatic heterocycles. The van der Waals surface area contributed by atoms with Gasteiger partial charge >= 0.3 is 0 Å². The number of para-hydroxylation sites is 1. The van der Waals surface area contributed by atoms with Crippen molar-refractivity contribution in [1.82, 2.24) is 14.8 Å². The molecule has 1 atom stereocenters. The first kappa shape index (κ1) is 14.2. The quantitative estimate of drug-likeness (QED) is 0.726. The first-order chi connectivity index (χ1) is 10.2. The van der Waals surface area contributed by atoms with E-state index < -0.39 is 10.8 Å². The summed E-state index contributed by atoms with van der Waals surface area (Å²) in [6.45, 7) is 1.96. The van der Waals surface area contributed by atoms with E-state index in [1.54, 1.807) is 17.5 Å². The standard InChI is InChI=1S/C15H15N3OS2/c1-12-16-8-15(20-12)11-21(19)10-13-7-17-18(9-13)14-5-3-2-4-6-14/h2-9H,10-11H2,1H3/t21-/m0/s1. The molecule has 4 nitrogen and oxygen atoms in total. The summed E-state index contributed by atoms with van der Waals surface area (Å²) in [6.07, 6.45) is 5.53. The zero-order valence-corrected chi connectivity index (χ0v) is 13.2. The summed E-state index contributed by atoms with van der Waals surface area (Å²) in [5, 5.41) is 5.34. The van der Waals surface area contributed by atoms with Crippen LogP contribution in [0.3, 0.4) is 0 Å². The molecule has 108 valence electrons. The summed E-state index contributed by atoms with van der Waals surface area (Å²) in [7, 11) is -0.935. The van der Waals surface area contributed by atoms with Crippen LogP contribution in [0.1, 0.15) is 15.4 Å². The van der Waals surface area contributed by atoms with Crippen LogP contribution in [-0.2, 0) is 22.3 Å². The van der Waals surface area contributed by atoms with Crippen LogP contribution in [-0.4, -0.2) is 19.0 Å². The monoisotopic (exact) mass is 317 g/mol. The molecule has 0 bridgehead atoms. The number of thiazole rings is 1. The Kier molecular flexibility index (Phi) is 4.26. The van der Waals surface area contributed by atoms with Crippen LogP contribution in [0.2, 0.25) is 0 Å². The van der Waals surface area contributed by atoms with Crippen molar-refractivity contribution in [2.24, 2.45) is 0 Å². The zero-order chi connectivity index (χ0) is 14.7. The molecule has 2 heterocycles. The van der Waals surface area contributed by atoms with Gasteiger partial charge in [0.1, 0.15) is 0 Å². The topological polar surface area (TPSA) is 47.8 Å². The van der Waals surface area contributed by atoms with Gasteiger partial charge in [-0.05, 0) is 19.1 Å². The van der Waals surface area contributed by atoms with Crippen molar-refractivity contribution in [3.63, 3.8) is 0 Å². The lowest BCUT2D eigenvalue weighted by atomic mass is 10.3. The zero-order valence-electron chi connectivity index (χ0n) is 11.6. The van der Waals surface area contributed by atoms with Gasteiger partial charge in [-0.2, -0.15) is 5.10 Å². The summed E-state index contributed by atoms with van der Waals surface area (Å²) in [5.41, 5.74) is 1.99. The number of aryl methyl sites for hydroxylation is 1. The lowest BCUT2D eigenvalue weighted by Gasteiger charge is -1.99. The van der Waals surface area contributed by atoms with Crippen molar-refractivity contribution in [1.29, 1.82) is 0 Å². The molecule has 1 aromatic carbocycles. The highest BCUT2D eigenvalue weighted by Crippen LogP contribution is 2.16. The van der Waals surface area contributed by atoms with E-state index in [-0.39, 0.29) is 0 Å². The first-order valence-corrected chi connectivity index (χ1v) is 8.86. The summed E-state index contributed by atoms with van der Waals surface area (Å²) in [6, 6.07) is 9.91. The Balaban J connectivity index is 1.66. The van der Waals surface area contributed by atoms with Crippen molar-refractivity contribution in [2.45, 2.75) is 18.4 Å². The maximum Gasteiger partial charge on any atom is 0.0897 e. The molecule has 6 heteroatoms. The Morgan fingerprint density at radius 2 is 2.00 bits per heavy atom. The average Bonchev–Trinajstić information content (AvgIpc) is 3.09. The van der Waals surface area contributed by atoms with Crippen LogP contribution >= 0.6 is 11.3 Å². The maximum absolute atomic E-state index is 12.2. The Morgan fingerprint density at radius 1 is 1.19 bits per heavy atom. The maximum atomic E-state index is 12.2. The molecule has 0 saturated heterocycles. The Morgan fingerprint density at radius 3 is 2.71 bits per heavy atom. The van der Waals surface area contributed by atoms with Crippen molar-refractivity contribution >= 4 is 22.1 Å². The lowest BCUT2D eigenvalue weighted by molar-refractivity contribution is 0.682. The normalized spacial score (nSPS) is 12.4. The van der Waals surface area contributed by atoms with Crippen molar-refractivity contribution in [3.8, 4) is 5.69 Å². The van der Waals surface area contributed by atoms with E-state index in [0.717, 1.165) is 21.1 Å². The molecule has 0 spiro atoms. The first-order valence-electron chi connectivity index (χ1n) is 6.56. The Bertz CT molecular complexity index is 749. The van der Waals surface area contributed by atoms with Gasteiger partial charge in [0.2, 0.25) is 0 Å². The minimum atomic E-state index is -0.935. The molecule has 0 amide bonds. The molecule has 3 rings (SSSR count). The fourth-order valence-corrected chi connectivity index (χ4v) is 4.26. The third-order valence-corrected chi connectivity index (χ3v) is 5.34. The smallest absolute Gasteiger partial charge is 0.0897 e. The Labute approximate surface area is 129 Å². The van der Waals surface area contributed by atoms with Crippen LogP contribution < -0.4 is 0 Å². The third kappa shape index (κ3) is 3.65. The average molecular weight is 317 g/mol. The number of benzene rings is 1. The number of hydrogen-bond acceptors (Lipinski definition) is 4. The fraction of sp³-hybridized carbons (Fsp3) is 0.200. The number of nitrogens with zero attached hydrogens (tertiary/aromatic N) is 3. The Hall–Kier alpha value is -1.79. The summed E-state index contributed by atoms with van der Waals surface area (Å²) < 4.78 is 14.0. The van der Waals surface area contributed by atoms with Gasteiger partial charge in [0.25, 0.3) is 0 Å². The van der Waals surface area contributed by atoms with Crippen molar-refractivity contribution in [3.05, 3.63) is 64.4 Å². The number of rotatable bonds is 5. The van der Waals surface area contributed by atoms with Crippen LogP contribution in [0.25, 0.3) is 5.69 Å².